The van der Waals surface area contributed by atoms with Crippen molar-refractivity contribution >= 4 is 81.7 Å². The number of nitrogens with zero attached hydrogens (tertiary/aromatic N) is 4. The molecule has 3 aliphatic rings. The number of aromatic nitrogens is 1. The van der Waals surface area contributed by atoms with Gasteiger partial charge in [-0.1, -0.05) is 102 Å². The second kappa shape index (κ2) is 25.6. The van der Waals surface area contributed by atoms with Gasteiger partial charge in [0.05, 0.1) is 58.9 Å². The quantitative estimate of drug-likeness (QED) is 0.0513. The number of thiazole rings is 1. The number of carbonyl (C=O) groups excluding carboxylic acids is 7. The van der Waals surface area contributed by atoms with Crippen LogP contribution in [0.25, 0.3) is 20.5 Å². The largest absolute Gasteiger partial charge is 0.399 e. The number of carbonyl (C=O) groups is 7. The Bertz CT molecular complexity index is 3310. The summed E-state index contributed by atoms with van der Waals surface area (Å²) in [5.74, 6) is -4.39. The fourth-order valence-corrected chi connectivity index (χ4v) is 12.7. The summed E-state index contributed by atoms with van der Waals surface area (Å²) in [5, 5.41) is 21.8. The maximum Gasteiger partial charge on any atom is 0.399 e. The molecule has 3 unspecified atom stereocenters. The molecule has 26 heteroatoms. The lowest BCUT2D eigenvalue weighted by molar-refractivity contribution is -0.150. The number of morpholine rings is 1. The molecule has 0 saturated carbocycles. The maximum atomic E-state index is 14.9. The first-order chi connectivity index (χ1) is 39.4. The van der Waals surface area contributed by atoms with Crippen molar-refractivity contribution in [1.82, 2.24) is 41.0 Å². The number of halogens is 2. The van der Waals surface area contributed by atoms with Gasteiger partial charge in [-0.05, 0) is 65.0 Å². The molecule has 7 N–H and O–H groups in total. The highest BCUT2D eigenvalue weighted by Gasteiger charge is 2.51. The zero-order valence-corrected chi connectivity index (χ0v) is 50.3. The first kappa shape index (κ1) is 63.5. The van der Waals surface area contributed by atoms with Crippen LogP contribution in [0.5, 0.6) is 0 Å². The number of aryl methyl sites for hydroxylation is 1. The topological polar surface area (TPSA) is 286 Å². The van der Waals surface area contributed by atoms with Gasteiger partial charge in [0.25, 0.3) is 5.91 Å². The van der Waals surface area contributed by atoms with E-state index in [0.29, 0.717) is 4.70 Å². The standard InChI is InChI=1S/C58H71F2N8O13PS2/c1-32(34-14-16-36(17-15-34)48-33(2)62-31-83-48)63-51(72)41-24-39(69)27-67(41)54(75)49(56(3,4)5)64-46(70)26-61-47(71)30-81-40-25-42(53(74)66-20-21-80-43(29-66)35-12-10-9-11-13-35)68(28-40)55(76)50(57(6,7)8)65-52(73)45-23-37-22-38(18-19-44(37)84-45)58(59,60)82(77,78)79/h9-19,22-23,31-32,39-43,49-50,69H,20-21,24-30H2,1-8H3,(H,61,71)(H,63,72)(H,64,70)(H,65,73)(H2,77,78,79)/t32?,39-,40+,41+,42+,43+,49?,50?/m1/s1. The van der Waals surface area contributed by atoms with E-state index < -0.39 is 133 Å². The van der Waals surface area contributed by atoms with Crippen molar-refractivity contribution in [2.24, 2.45) is 10.8 Å². The SMILES string of the molecule is Cc1ncsc1-c1ccc(C(C)NC(=O)[C@@H]2C[C@@H](O)CN2C(=O)C(NC(=O)CNC(=O)CO[C@H]2C[C@@H](C(=O)N3CCO[C@H](c4ccccc4)C3)N(C(=O)C(NC(=O)c3cc4cc(C(F)(F)P(=O)(O)O)ccc4s3)C(C)(C)C)C2)C(C)(C)C)cc1. The summed E-state index contributed by atoms with van der Waals surface area (Å²) >= 11 is 2.44. The highest BCUT2D eigenvalue weighted by atomic mass is 32.1. The molecular weight excluding hydrogens is 1150 g/mol. The van der Waals surface area contributed by atoms with Crippen LogP contribution < -0.4 is 21.3 Å². The van der Waals surface area contributed by atoms with Crippen LogP contribution in [0, 0.1) is 17.8 Å². The number of nitrogens with one attached hydrogen (secondary N) is 4. The maximum absolute atomic E-state index is 14.9. The minimum absolute atomic E-state index is 0.00568. The molecule has 0 bridgehead atoms. The number of β-amino-alcohol motifs (C(OH)–C–C–N with tert-alkyl or cyclic N) is 1. The lowest BCUT2D eigenvalue weighted by atomic mass is 9.85. The average Bonchev–Trinajstić information content (AvgIpc) is 2.79. The number of rotatable bonds is 18. The molecule has 21 nitrogen and oxygen atoms in total. The third-order valence-corrected chi connectivity index (χ3v) is 18.3. The van der Waals surface area contributed by atoms with Crippen LogP contribution in [-0.4, -0.2) is 158 Å². The average molecular weight is 1220 g/mol. The monoisotopic (exact) mass is 1220 g/mol. The van der Waals surface area contributed by atoms with Gasteiger partial charge in [-0.15, -0.1) is 22.7 Å². The number of thiophene rings is 1. The van der Waals surface area contributed by atoms with Crippen LogP contribution in [0.4, 0.5) is 8.78 Å². The second-order valence-electron chi connectivity index (χ2n) is 23.6. The molecule has 8 rings (SSSR count). The van der Waals surface area contributed by atoms with E-state index in [0.717, 1.165) is 50.7 Å². The molecular formula is C58H71F2N8O13PS2. The van der Waals surface area contributed by atoms with E-state index in [-0.39, 0.29) is 55.9 Å². The summed E-state index contributed by atoms with van der Waals surface area (Å²) in [6.45, 7) is 13.0. The number of amides is 7. The second-order valence-corrected chi connectivity index (χ2v) is 27.2. The fourth-order valence-electron chi connectivity index (χ4n) is 10.5. The van der Waals surface area contributed by atoms with Gasteiger partial charge in [-0.3, -0.25) is 38.1 Å². The Hall–Kier alpha value is -6.57. The van der Waals surface area contributed by atoms with E-state index in [1.165, 1.54) is 33.3 Å². The molecule has 5 heterocycles. The number of hydrogen-bond acceptors (Lipinski definition) is 14. The van der Waals surface area contributed by atoms with Crippen molar-refractivity contribution in [3.8, 4) is 10.4 Å². The van der Waals surface area contributed by atoms with Gasteiger partial charge in [-0.25, -0.2) is 4.98 Å². The Labute approximate surface area is 493 Å². The summed E-state index contributed by atoms with van der Waals surface area (Å²) in [5.41, 5.74) is -1.99. The van der Waals surface area contributed by atoms with Gasteiger partial charge < -0.3 is 60.3 Å². The fraction of sp³-hybridized carbons (Fsp3) is 0.483. The van der Waals surface area contributed by atoms with Crippen molar-refractivity contribution < 1.29 is 71.3 Å². The predicted molar refractivity (Wildman–Crippen MR) is 309 cm³/mol. The van der Waals surface area contributed by atoms with Crippen LogP contribution in [0.1, 0.15) is 106 Å². The zero-order valence-electron chi connectivity index (χ0n) is 47.8. The number of aliphatic hydroxyl groups is 1. The van der Waals surface area contributed by atoms with Gasteiger partial charge in [0, 0.05) is 42.7 Å². The van der Waals surface area contributed by atoms with Crippen LogP contribution in [0.2, 0.25) is 0 Å². The smallest absolute Gasteiger partial charge is 0.391 e. The van der Waals surface area contributed by atoms with Crippen LogP contribution >= 0.6 is 30.3 Å². The molecule has 0 spiro atoms. The molecule has 0 aliphatic carbocycles. The van der Waals surface area contributed by atoms with E-state index in [2.05, 4.69) is 26.3 Å². The molecule has 84 heavy (non-hydrogen) atoms. The highest BCUT2D eigenvalue weighted by Crippen LogP contribution is 2.59. The molecule has 3 fully saturated rings. The number of aliphatic hydroxyl groups excluding tert-OH is 1. The van der Waals surface area contributed by atoms with Crippen LogP contribution in [0.15, 0.2) is 84.4 Å². The summed E-state index contributed by atoms with van der Waals surface area (Å²) in [7, 11) is -5.89. The Kier molecular flexibility index (Phi) is 19.3. The predicted octanol–water partition coefficient (Wildman–Crippen LogP) is 5.78. The lowest BCUT2D eigenvalue weighted by Crippen LogP contribution is -2.58. The van der Waals surface area contributed by atoms with E-state index in [1.54, 1.807) is 52.0 Å². The Morgan fingerprint density at radius 1 is 0.821 bits per heavy atom. The number of hydrogen-bond donors (Lipinski definition) is 7. The number of alkyl halides is 2. The molecule has 3 aromatic carbocycles. The third kappa shape index (κ3) is 14.6. The van der Waals surface area contributed by atoms with Crippen molar-refractivity contribution in [2.75, 3.05) is 45.9 Å². The van der Waals surface area contributed by atoms with E-state index in [1.807, 2.05) is 68.4 Å². The van der Waals surface area contributed by atoms with E-state index >= 15 is 0 Å². The van der Waals surface area contributed by atoms with Crippen molar-refractivity contribution in [3.63, 3.8) is 0 Å². The molecule has 3 aliphatic heterocycles. The lowest BCUT2D eigenvalue weighted by Gasteiger charge is -2.38. The van der Waals surface area contributed by atoms with Crippen LogP contribution in [-0.2, 0) is 48.5 Å². The zero-order chi connectivity index (χ0) is 61.2. The number of benzene rings is 3. The summed E-state index contributed by atoms with van der Waals surface area (Å²) in [6, 6.07) is 16.2. The van der Waals surface area contributed by atoms with Gasteiger partial charge in [0.1, 0.15) is 36.9 Å². The Morgan fingerprint density at radius 3 is 2.11 bits per heavy atom. The molecule has 3 saturated heterocycles. The first-order valence-corrected chi connectivity index (χ1v) is 30.7. The van der Waals surface area contributed by atoms with Crippen molar-refractivity contribution in [3.05, 3.63) is 112 Å². The van der Waals surface area contributed by atoms with E-state index in [9.17, 15) is 61.8 Å². The molecule has 8 atom stereocenters. The molecule has 5 aromatic rings. The van der Waals surface area contributed by atoms with E-state index in [4.69, 9.17) is 9.47 Å². The van der Waals surface area contributed by atoms with Gasteiger partial charge >= 0.3 is 13.3 Å². The summed E-state index contributed by atoms with van der Waals surface area (Å²) in [6.07, 6.45) is -2.47. The highest BCUT2D eigenvalue weighted by molar-refractivity contribution is 7.52. The Balaban J connectivity index is 0.912. The minimum atomic E-state index is -5.89. The molecule has 2 aromatic heterocycles. The third-order valence-electron chi connectivity index (χ3n) is 15.2. The van der Waals surface area contributed by atoms with Crippen molar-refractivity contribution in [2.45, 2.75) is 122 Å². The molecule has 0 radical (unpaired) electrons. The molecule has 452 valence electrons. The first-order valence-electron chi connectivity index (χ1n) is 27.4. The minimum Gasteiger partial charge on any atom is -0.391 e. The Morgan fingerprint density at radius 2 is 1.48 bits per heavy atom. The van der Waals surface area contributed by atoms with Gasteiger partial charge in [0.2, 0.25) is 35.4 Å². The number of likely N-dealkylation sites (tertiary alicyclic amines) is 2. The van der Waals surface area contributed by atoms with Crippen LogP contribution in [0.3, 0.4) is 0 Å². The number of ether oxygens (including phenoxy) is 2. The summed E-state index contributed by atoms with van der Waals surface area (Å²) < 4.78 is 53.4. The van der Waals surface area contributed by atoms with Crippen molar-refractivity contribution in [1.29, 1.82) is 0 Å². The van der Waals surface area contributed by atoms with Gasteiger partial charge in [0.15, 0.2) is 0 Å². The normalized spacial score (nSPS) is 20.7. The summed E-state index contributed by atoms with van der Waals surface area (Å²) in [4.78, 5) is 127. The molecule has 7 amide bonds. The number of fused-ring (bicyclic) bond motifs is 1. The van der Waals surface area contributed by atoms with Gasteiger partial charge in [-0.2, -0.15) is 8.78 Å².